The number of methoxy groups -OCH3 is 1. The lowest BCUT2D eigenvalue weighted by Crippen LogP contribution is -2.30. The molecule has 0 spiro atoms. The van der Waals surface area contributed by atoms with Crippen LogP contribution in [0.5, 0.6) is 11.5 Å². The van der Waals surface area contributed by atoms with Crippen LogP contribution in [0.25, 0.3) is 0 Å². The smallest absolute Gasteiger partial charge is 0.276 e. The maximum absolute atomic E-state index is 12.7. The molecule has 0 radical (unpaired) electrons. The van der Waals surface area contributed by atoms with Crippen LogP contribution in [-0.4, -0.2) is 30.4 Å². The summed E-state index contributed by atoms with van der Waals surface area (Å²) in [5.74, 6) is 0.627. The molecular weight excluding hydrogens is 394 g/mol. The van der Waals surface area contributed by atoms with Crippen molar-refractivity contribution < 1.29 is 14.3 Å². The number of hydrogen-bond acceptors (Lipinski definition) is 5. The highest BCUT2D eigenvalue weighted by molar-refractivity contribution is 5.94. The van der Waals surface area contributed by atoms with Crippen molar-refractivity contribution in [3.63, 3.8) is 0 Å². The van der Waals surface area contributed by atoms with E-state index in [1.807, 2.05) is 38.1 Å². The Labute approximate surface area is 180 Å². The SMILES string of the molecule is CCOc1cc(/C=N\NC(=O)c2cccn(Cc3ccc(C)cc3)c2=O)ccc1OC. The topological polar surface area (TPSA) is 81.9 Å². The average molecular weight is 419 g/mol. The number of nitrogens with zero attached hydrogens (tertiary/aromatic N) is 2. The van der Waals surface area contributed by atoms with Gasteiger partial charge >= 0.3 is 0 Å². The van der Waals surface area contributed by atoms with Crippen molar-refractivity contribution in [2.24, 2.45) is 5.10 Å². The molecule has 0 saturated carbocycles. The zero-order chi connectivity index (χ0) is 22.2. The van der Waals surface area contributed by atoms with Crippen LogP contribution >= 0.6 is 0 Å². The molecule has 7 heteroatoms. The molecule has 0 atom stereocenters. The molecule has 0 aliphatic rings. The molecule has 0 saturated heterocycles. The summed E-state index contributed by atoms with van der Waals surface area (Å²) in [5.41, 5.74) is 4.90. The molecule has 0 unspecified atom stereocenters. The summed E-state index contributed by atoms with van der Waals surface area (Å²) in [6, 6.07) is 16.4. The Bertz CT molecular complexity index is 1130. The van der Waals surface area contributed by atoms with Gasteiger partial charge in [-0.1, -0.05) is 29.8 Å². The number of carbonyl (C=O) groups is 1. The lowest BCUT2D eigenvalue weighted by Gasteiger charge is -2.09. The molecule has 1 heterocycles. The van der Waals surface area contributed by atoms with Gasteiger partial charge < -0.3 is 14.0 Å². The minimum Gasteiger partial charge on any atom is -0.493 e. The molecule has 0 aliphatic heterocycles. The average Bonchev–Trinajstić information content (AvgIpc) is 2.77. The number of nitrogens with one attached hydrogen (secondary N) is 1. The van der Waals surface area contributed by atoms with E-state index in [2.05, 4.69) is 10.5 Å². The van der Waals surface area contributed by atoms with E-state index in [0.29, 0.717) is 24.7 Å². The fraction of sp³-hybridized carbons (Fsp3) is 0.208. The van der Waals surface area contributed by atoms with Gasteiger partial charge in [0.1, 0.15) is 5.56 Å². The zero-order valence-electron chi connectivity index (χ0n) is 17.8. The van der Waals surface area contributed by atoms with Gasteiger partial charge in [-0.2, -0.15) is 5.10 Å². The largest absolute Gasteiger partial charge is 0.493 e. The maximum Gasteiger partial charge on any atom is 0.276 e. The van der Waals surface area contributed by atoms with Crippen LogP contribution in [-0.2, 0) is 6.54 Å². The quantitative estimate of drug-likeness (QED) is 0.448. The van der Waals surface area contributed by atoms with Crippen LogP contribution in [0.2, 0.25) is 0 Å². The number of benzene rings is 2. The van der Waals surface area contributed by atoms with Crippen LogP contribution < -0.4 is 20.5 Å². The first-order chi connectivity index (χ1) is 15.0. The summed E-state index contributed by atoms with van der Waals surface area (Å²) in [6.45, 7) is 4.77. The minimum absolute atomic E-state index is 0.0245. The fourth-order valence-electron chi connectivity index (χ4n) is 2.99. The summed E-state index contributed by atoms with van der Waals surface area (Å²) >= 11 is 0. The number of amides is 1. The predicted molar refractivity (Wildman–Crippen MR) is 120 cm³/mol. The number of rotatable bonds is 8. The Hall–Kier alpha value is -3.87. The van der Waals surface area contributed by atoms with Gasteiger partial charge in [-0.25, -0.2) is 5.43 Å². The highest BCUT2D eigenvalue weighted by Crippen LogP contribution is 2.27. The van der Waals surface area contributed by atoms with E-state index in [0.717, 1.165) is 16.7 Å². The van der Waals surface area contributed by atoms with E-state index in [9.17, 15) is 9.59 Å². The Kier molecular flexibility index (Phi) is 7.22. The van der Waals surface area contributed by atoms with Gasteiger partial charge in [0.25, 0.3) is 11.5 Å². The van der Waals surface area contributed by atoms with Crippen LogP contribution in [0, 0.1) is 6.92 Å². The van der Waals surface area contributed by atoms with E-state index < -0.39 is 5.91 Å². The monoisotopic (exact) mass is 419 g/mol. The van der Waals surface area contributed by atoms with E-state index in [-0.39, 0.29) is 11.1 Å². The number of ether oxygens (including phenoxy) is 2. The van der Waals surface area contributed by atoms with Crippen LogP contribution in [0.1, 0.15) is 34.0 Å². The standard InChI is InChI=1S/C24H25N3O4/c1-4-31-22-14-19(11-12-21(22)30-3)15-25-26-23(28)20-6-5-13-27(24(20)29)16-18-9-7-17(2)8-10-18/h5-15H,4,16H2,1-3H3,(H,26,28)/b25-15-. The van der Waals surface area contributed by atoms with Gasteiger partial charge in [-0.3, -0.25) is 9.59 Å². The fourth-order valence-corrected chi connectivity index (χ4v) is 2.99. The number of aryl methyl sites for hydroxylation is 1. The summed E-state index contributed by atoms with van der Waals surface area (Å²) in [7, 11) is 1.57. The Morgan fingerprint density at radius 2 is 1.90 bits per heavy atom. The van der Waals surface area contributed by atoms with E-state index >= 15 is 0 Å². The highest BCUT2D eigenvalue weighted by Gasteiger charge is 2.12. The minimum atomic E-state index is -0.571. The molecule has 7 nitrogen and oxygen atoms in total. The first-order valence-electron chi connectivity index (χ1n) is 9.91. The van der Waals surface area contributed by atoms with Gasteiger partial charge in [0.2, 0.25) is 0 Å². The second-order valence-electron chi connectivity index (χ2n) is 6.88. The van der Waals surface area contributed by atoms with Gasteiger partial charge in [0.05, 0.1) is 26.5 Å². The second kappa shape index (κ2) is 10.2. The van der Waals surface area contributed by atoms with Crippen molar-refractivity contribution in [2.45, 2.75) is 20.4 Å². The Morgan fingerprint density at radius 1 is 1.13 bits per heavy atom. The Balaban J connectivity index is 1.71. The maximum atomic E-state index is 12.7. The zero-order valence-corrected chi connectivity index (χ0v) is 17.8. The molecule has 0 aliphatic carbocycles. The molecule has 1 N–H and O–H groups in total. The van der Waals surface area contributed by atoms with Crippen LogP contribution in [0.4, 0.5) is 0 Å². The first kappa shape index (κ1) is 21.8. The second-order valence-corrected chi connectivity index (χ2v) is 6.88. The van der Waals surface area contributed by atoms with Crippen molar-refractivity contribution >= 4 is 12.1 Å². The van der Waals surface area contributed by atoms with Gasteiger partial charge in [-0.05, 0) is 55.3 Å². The molecule has 1 aromatic heterocycles. The predicted octanol–water partition coefficient (Wildman–Crippen LogP) is 3.38. The summed E-state index contributed by atoms with van der Waals surface area (Å²) in [4.78, 5) is 25.2. The third-order valence-corrected chi connectivity index (χ3v) is 4.61. The molecule has 2 aromatic carbocycles. The first-order valence-corrected chi connectivity index (χ1v) is 9.91. The lowest BCUT2D eigenvalue weighted by atomic mass is 10.1. The highest BCUT2D eigenvalue weighted by atomic mass is 16.5. The van der Waals surface area contributed by atoms with E-state index in [4.69, 9.17) is 9.47 Å². The Morgan fingerprint density at radius 3 is 2.61 bits per heavy atom. The number of carbonyl (C=O) groups excluding carboxylic acids is 1. The lowest BCUT2D eigenvalue weighted by molar-refractivity contribution is 0.0953. The van der Waals surface area contributed by atoms with Gasteiger partial charge in [0.15, 0.2) is 11.5 Å². The van der Waals surface area contributed by atoms with Crippen LogP contribution in [0.15, 0.2) is 70.7 Å². The normalized spacial score (nSPS) is 10.8. The van der Waals surface area contributed by atoms with E-state index in [1.165, 1.54) is 16.8 Å². The van der Waals surface area contributed by atoms with E-state index in [1.54, 1.807) is 37.6 Å². The third-order valence-electron chi connectivity index (χ3n) is 4.61. The van der Waals surface area contributed by atoms with Crippen molar-refractivity contribution in [1.82, 2.24) is 9.99 Å². The molecule has 160 valence electrons. The van der Waals surface area contributed by atoms with Crippen molar-refractivity contribution in [3.05, 3.63) is 93.4 Å². The molecule has 0 fully saturated rings. The van der Waals surface area contributed by atoms with Crippen molar-refractivity contribution in [1.29, 1.82) is 0 Å². The molecule has 0 bridgehead atoms. The number of hydrogen-bond donors (Lipinski definition) is 1. The number of pyridine rings is 1. The summed E-state index contributed by atoms with van der Waals surface area (Å²) in [5, 5.41) is 3.97. The summed E-state index contributed by atoms with van der Waals surface area (Å²) < 4.78 is 12.3. The van der Waals surface area contributed by atoms with Gasteiger partial charge in [-0.15, -0.1) is 0 Å². The van der Waals surface area contributed by atoms with Crippen molar-refractivity contribution in [2.75, 3.05) is 13.7 Å². The molecular formula is C24H25N3O4. The number of hydrazone groups is 1. The molecule has 3 aromatic rings. The molecule has 3 rings (SSSR count). The third kappa shape index (κ3) is 5.60. The molecule has 1 amide bonds. The molecule has 31 heavy (non-hydrogen) atoms. The summed E-state index contributed by atoms with van der Waals surface area (Å²) in [6.07, 6.45) is 3.14. The van der Waals surface area contributed by atoms with Gasteiger partial charge in [0, 0.05) is 6.20 Å². The van der Waals surface area contributed by atoms with Crippen molar-refractivity contribution in [3.8, 4) is 11.5 Å². The van der Waals surface area contributed by atoms with Crippen LogP contribution in [0.3, 0.4) is 0 Å². The number of aromatic nitrogens is 1.